The van der Waals surface area contributed by atoms with Crippen molar-refractivity contribution >= 4 is 34.2 Å². The van der Waals surface area contributed by atoms with Crippen LogP contribution in [0.3, 0.4) is 0 Å². The van der Waals surface area contributed by atoms with Gasteiger partial charge in [0.05, 0.1) is 17.6 Å². The highest BCUT2D eigenvalue weighted by Gasteiger charge is 2.34. The number of amides is 2. The van der Waals surface area contributed by atoms with Crippen LogP contribution in [0, 0.1) is 6.92 Å². The fourth-order valence-corrected chi connectivity index (χ4v) is 5.47. The second kappa shape index (κ2) is 10.2. The third-order valence-electron chi connectivity index (χ3n) is 6.60. The maximum absolute atomic E-state index is 12.7. The van der Waals surface area contributed by atoms with Crippen molar-refractivity contribution in [2.75, 3.05) is 6.54 Å². The van der Waals surface area contributed by atoms with Gasteiger partial charge in [0.25, 0.3) is 11.8 Å². The first-order valence-electron chi connectivity index (χ1n) is 11.9. The van der Waals surface area contributed by atoms with Gasteiger partial charge in [0.2, 0.25) is 0 Å². The molecule has 36 heavy (non-hydrogen) atoms. The highest BCUT2D eigenvalue weighted by molar-refractivity contribution is 7.10. The lowest BCUT2D eigenvalue weighted by Crippen LogP contribution is -2.51. The number of thiophene rings is 1. The summed E-state index contributed by atoms with van der Waals surface area (Å²) in [5.74, 6) is -0.496. The molecule has 3 heterocycles. The van der Waals surface area contributed by atoms with E-state index in [0.717, 1.165) is 32.9 Å². The number of fused-ring (bicyclic) bond motifs is 2. The Labute approximate surface area is 212 Å². The van der Waals surface area contributed by atoms with E-state index in [2.05, 4.69) is 14.9 Å². The highest BCUT2D eigenvalue weighted by atomic mass is 32.1. The smallest absolute Gasteiger partial charge is 0.255 e. The van der Waals surface area contributed by atoms with Gasteiger partial charge < -0.3 is 25.0 Å². The average Bonchev–Trinajstić information content (AvgIpc) is 3.49. The molecule has 2 aromatic heterocycles. The van der Waals surface area contributed by atoms with Crippen molar-refractivity contribution in [1.29, 1.82) is 0 Å². The zero-order valence-electron chi connectivity index (χ0n) is 19.9. The van der Waals surface area contributed by atoms with Gasteiger partial charge in [-0.15, -0.1) is 11.3 Å². The van der Waals surface area contributed by atoms with Gasteiger partial charge in [0.1, 0.15) is 5.82 Å². The van der Waals surface area contributed by atoms with Gasteiger partial charge in [-0.3, -0.25) is 9.59 Å². The van der Waals surface area contributed by atoms with Crippen LogP contribution in [0.2, 0.25) is 0 Å². The van der Waals surface area contributed by atoms with E-state index in [1.54, 1.807) is 11.3 Å². The number of para-hydroxylation sites is 2. The number of aryl methyl sites for hydroxylation is 1. The largest absolute Gasteiger partial charge is 0.380 e. The number of aliphatic hydroxyl groups excluding tert-OH is 2. The Hall–Kier alpha value is -3.53. The highest BCUT2D eigenvalue weighted by Crippen LogP contribution is 2.22. The molecule has 0 saturated heterocycles. The molecule has 5 rings (SSSR count). The Balaban J connectivity index is 1.16. The second-order valence-electron chi connectivity index (χ2n) is 9.04. The molecule has 0 unspecified atom stereocenters. The number of imidazole rings is 1. The van der Waals surface area contributed by atoms with E-state index in [4.69, 9.17) is 0 Å². The lowest BCUT2D eigenvalue weighted by molar-refractivity contribution is -0.153. The Morgan fingerprint density at radius 2 is 1.83 bits per heavy atom. The standard InChI is InChI=1S/C27H28N4O4S/c1-17-29-22-8-4-5-9-23(22)31(17)15-21-12-18(16-36-21)13-28-26(34)24(32)25(33)27(35)30-11-10-19-6-2-3-7-20(19)14-30/h2-9,12,16,24-25,32-33H,10-11,13-15H2,1H3,(H,28,34)/t24-,25-/m1/s1. The zero-order chi connectivity index (χ0) is 25.2. The number of carbonyl (C=O) groups excluding carboxylic acids is 2. The monoisotopic (exact) mass is 504 g/mol. The van der Waals surface area contributed by atoms with Gasteiger partial charge in [0, 0.05) is 24.5 Å². The summed E-state index contributed by atoms with van der Waals surface area (Å²) in [4.78, 5) is 32.4. The predicted octanol–water partition coefficient (Wildman–Crippen LogP) is 2.38. The molecule has 1 aliphatic heterocycles. The van der Waals surface area contributed by atoms with Crippen LogP contribution in [0.5, 0.6) is 0 Å². The lowest BCUT2D eigenvalue weighted by atomic mass is 9.99. The lowest BCUT2D eigenvalue weighted by Gasteiger charge is -2.31. The number of aromatic nitrogens is 2. The first-order valence-corrected chi connectivity index (χ1v) is 12.8. The number of hydrogen-bond donors (Lipinski definition) is 3. The summed E-state index contributed by atoms with van der Waals surface area (Å²) < 4.78 is 2.15. The molecule has 0 aliphatic carbocycles. The number of nitrogens with zero attached hydrogens (tertiary/aromatic N) is 3. The summed E-state index contributed by atoms with van der Waals surface area (Å²) in [5.41, 5.74) is 5.08. The van der Waals surface area contributed by atoms with E-state index >= 15 is 0 Å². The van der Waals surface area contributed by atoms with Crippen molar-refractivity contribution < 1.29 is 19.8 Å². The molecule has 0 radical (unpaired) electrons. The van der Waals surface area contributed by atoms with E-state index in [0.29, 0.717) is 26.1 Å². The van der Waals surface area contributed by atoms with E-state index in [1.807, 2.05) is 66.9 Å². The molecular formula is C27H28N4O4S. The molecule has 0 saturated carbocycles. The van der Waals surface area contributed by atoms with Crippen molar-refractivity contribution in [3.05, 3.63) is 87.4 Å². The summed E-state index contributed by atoms with van der Waals surface area (Å²) >= 11 is 1.58. The minimum absolute atomic E-state index is 0.189. The van der Waals surface area contributed by atoms with Crippen molar-refractivity contribution in [2.24, 2.45) is 0 Å². The zero-order valence-corrected chi connectivity index (χ0v) is 20.7. The van der Waals surface area contributed by atoms with Crippen LogP contribution in [-0.2, 0) is 35.6 Å². The van der Waals surface area contributed by atoms with Gasteiger partial charge in [-0.25, -0.2) is 4.98 Å². The molecular weight excluding hydrogens is 476 g/mol. The first-order chi connectivity index (χ1) is 17.4. The fraction of sp³-hybridized carbons (Fsp3) is 0.296. The number of rotatable bonds is 7. The third kappa shape index (κ3) is 4.90. The number of hydrogen-bond acceptors (Lipinski definition) is 6. The van der Waals surface area contributed by atoms with Crippen LogP contribution in [0.1, 0.15) is 27.4 Å². The molecule has 0 bridgehead atoms. The van der Waals surface area contributed by atoms with Crippen LogP contribution in [0.15, 0.2) is 60.0 Å². The van der Waals surface area contributed by atoms with E-state index in [-0.39, 0.29) is 6.54 Å². The van der Waals surface area contributed by atoms with Crippen molar-refractivity contribution in [3.63, 3.8) is 0 Å². The van der Waals surface area contributed by atoms with Gasteiger partial charge in [-0.2, -0.15) is 0 Å². The van der Waals surface area contributed by atoms with Gasteiger partial charge in [-0.05, 0) is 53.6 Å². The quantitative estimate of drug-likeness (QED) is 0.358. The van der Waals surface area contributed by atoms with Crippen molar-refractivity contribution in [2.45, 2.75) is 45.2 Å². The summed E-state index contributed by atoms with van der Waals surface area (Å²) in [6.45, 7) is 3.62. The van der Waals surface area contributed by atoms with Gasteiger partial charge in [0.15, 0.2) is 12.2 Å². The normalized spacial score (nSPS) is 14.9. The molecule has 4 aromatic rings. The second-order valence-corrected chi connectivity index (χ2v) is 10.0. The van der Waals surface area contributed by atoms with Crippen LogP contribution >= 0.6 is 11.3 Å². The summed E-state index contributed by atoms with van der Waals surface area (Å²) in [7, 11) is 0. The number of benzene rings is 2. The fourth-order valence-electron chi connectivity index (χ4n) is 4.60. The molecule has 8 nitrogen and oxygen atoms in total. The van der Waals surface area contributed by atoms with Crippen LogP contribution in [0.25, 0.3) is 11.0 Å². The van der Waals surface area contributed by atoms with E-state index in [1.165, 1.54) is 10.5 Å². The Morgan fingerprint density at radius 3 is 2.67 bits per heavy atom. The third-order valence-corrected chi connectivity index (χ3v) is 7.57. The molecule has 2 aromatic carbocycles. The molecule has 0 spiro atoms. The predicted molar refractivity (Wildman–Crippen MR) is 137 cm³/mol. The molecule has 9 heteroatoms. The number of aliphatic hydroxyl groups is 2. The molecule has 2 atom stereocenters. The minimum atomic E-state index is -1.84. The van der Waals surface area contributed by atoms with Crippen molar-refractivity contribution in [1.82, 2.24) is 19.8 Å². The molecule has 0 fully saturated rings. The molecule has 1 aliphatic rings. The first kappa shape index (κ1) is 24.2. The van der Waals surface area contributed by atoms with E-state index in [9.17, 15) is 19.8 Å². The Morgan fingerprint density at radius 1 is 1.08 bits per heavy atom. The minimum Gasteiger partial charge on any atom is -0.380 e. The van der Waals surface area contributed by atoms with Crippen LogP contribution in [0.4, 0.5) is 0 Å². The summed E-state index contributed by atoms with van der Waals surface area (Å²) in [6.07, 6.45) is -2.98. The number of nitrogens with one attached hydrogen (secondary N) is 1. The van der Waals surface area contributed by atoms with E-state index < -0.39 is 24.0 Å². The summed E-state index contributed by atoms with van der Waals surface area (Å²) in [6, 6.07) is 17.8. The Kier molecular flexibility index (Phi) is 6.86. The maximum atomic E-state index is 12.7. The molecule has 3 N–H and O–H groups in total. The maximum Gasteiger partial charge on any atom is 0.255 e. The summed E-state index contributed by atoms with van der Waals surface area (Å²) in [5, 5.41) is 25.3. The number of carbonyl (C=O) groups is 2. The molecule has 2 amide bonds. The van der Waals surface area contributed by atoms with Crippen molar-refractivity contribution in [3.8, 4) is 0 Å². The van der Waals surface area contributed by atoms with Crippen LogP contribution < -0.4 is 5.32 Å². The Bertz CT molecular complexity index is 1410. The SMILES string of the molecule is Cc1nc2ccccc2n1Cc1cc(CNC(=O)[C@H](O)[C@@H](O)C(=O)N2CCc3ccccc3C2)cs1. The topological polar surface area (TPSA) is 108 Å². The van der Waals surface area contributed by atoms with Gasteiger partial charge in [-0.1, -0.05) is 36.4 Å². The van der Waals surface area contributed by atoms with Gasteiger partial charge >= 0.3 is 0 Å². The van der Waals surface area contributed by atoms with Crippen LogP contribution in [-0.4, -0.2) is 55.2 Å². The molecule has 186 valence electrons. The average molecular weight is 505 g/mol.